The lowest BCUT2D eigenvalue weighted by Crippen LogP contribution is -2.30. The van der Waals surface area contributed by atoms with Gasteiger partial charge in [-0.1, -0.05) is 363 Å². The summed E-state index contributed by atoms with van der Waals surface area (Å²) >= 11 is 0. The van der Waals surface area contributed by atoms with Crippen LogP contribution in [-0.2, 0) is 28.6 Å². The Morgan fingerprint density at radius 2 is 0.470 bits per heavy atom. The quantitative estimate of drug-likeness (QED) is 0.0261. The molecule has 0 aromatic carbocycles. The lowest BCUT2D eigenvalue weighted by molar-refractivity contribution is -0.167. The highest BCUT2D eigenvalue weighted by atomic mass is 16.6. The first-order valence-corrected chi connectivity index (χ1v) is 36.4. The molecule has 1 unspecified atom stereocenters. The molecule has 0 heterocycles. The van der Waals surface area contributed by atoms with Crippen LogP contribution in [-0.4, -0.2) is 37.2 Å². The summed E-state index contributed by atoms with van der Waals surface area (Å²) in [6, 6.07) is 0. The van der Waals surface area contributed by atoms with E-state index in [-0.39, 0.29) is 31.1 Å². The number of hydrogen-bond donors (Lipinski definition) is 0. The van der Waals surface area contributed by atoms with Crippen molar-refractivity contribution >= 4 is 17.9 Å². The minimum absolute atomic E-state index is 0.0701. The van der Waals surface area contributed by atoms with Gasteiger partial charge in [-0.15, -0.1) is 0 Å². The van der Waals surface area contributed by atoms with E-state index >= 15 is 0 Å². The van der Waals surface area contributed by atoms with Crippen LogP contribution in [0.5, 0.6) is 0 Å². The normalized spacial score (nSPS) is 12.5. The van der Waals surface area contributed by atoms with E-state index in [0.717, 1.165) is 96.3 Å². The van der Waals surface area contributed by atoms with Gasteiger partial charge in [0.1, 0.15) is 13.2 Å². The Morgan fingerprint density at radius 1 is 0.253 bits per heavy atom. The van der Waals surface area contributed by atoms with Crippen LogP contribution in [0.1, 0.15) is 380 Å². The standard InChI is InChI=1S/C77H138O6/c1-4-7-10-13-16-19-22-25-28-30-32-34-35-36-37-38-39-40-41-43-44-46-49-52-55-58-61-64-67-70-76(79)82-73-74(72-81-75(78)69-66-63-60-57-54-51-48-27-24-21-18-15-12-9-6-3)83-77(80)71-68-65-62-59-56-53-50-47-45-42-33-31-29-26-23-20-17-14-11-8-5-2/h7,10,16,19,25,28,32,34,36-37,39-40,74H,4-6,8-9,11-15,17-18,20-24,26-27,29-31,33,35,38,41-73H2,1-3H3/b10-7-,19-16-,28-25-,34-32-,37-36-,40-39-. The van der Waals surface area contributed by atoms with Gasteiger partial charge >= 0.3 is 17.9 Å². The maximum Gasteiger partial charge on any atom is 0.306 e. The van der Waals surface area contributed by atoms with E-state index in [2.05, 4.69) is 93.7 Å². The summed E-state index contributed by atoms with van der Waals surface area (Å²) in [5.41, 5.74) is 0. The number of carbonyl (C=O) groups excluding carboxylic acids is 3. The van der Waals surface area contributed by atoms with Crippen molar-refractivity contribution in [1.29, 1.82) is 0 Å². The molecule has 0 aliphatic heterocycles. The Kier molecular flexibility index (Phi) is 68.6. The fourth-order valence-electron chi connectivity index (χ4n) is 10.8. The molecular formula is C77H138O6. The topological polar surface area (TPSA) is 78.9 Å². The summed E-state index contributed by atoms with van der Waals surface area (Å²) in [7, 11) is 0. The second-order valence-corrected chi connectivity index (χ2v) is 24.5. The second-order valence-electron chi connectivity index (χ2n) is 24.5. The molecule has 6 nitrogen and oxygen atoms in total. The van der Waals surface area contributed by atoms with Crippen LogP contribution in [0.4, 0.5) is 0 Å². The predicted octanol–water partition coefficient (Wildman–Crippen LogP) is 25.2. The second kappa shape index (κ2) is 71.3. The predicted molar refractivity (Wildman–Crippen MR) is 362 cm³/mol. The van der Waals surface area contributed by atoms with Crippen molar-refractivity contribution in [3.05, 3.63) is 72.9 Å². The fourth-order valence-corrected chi connectivity index (χ4v) is 10.8. The molecule has 0 aliphatic carbocycles. The summed E-state index contributed by atoms with van der Waals surface area (Å²) in [6.45, 7) is 6.59. The van der Waals surface area contributed by atoms with Gasteiger partial charge in [0.05, 0.1) is 0 Å². The molecule has 0 aromatic heterocycles. The van der Waals surface area contributed by atoms with Crippen LogP contribution in [0, 0.1) is 0 Å². The Hall–Kier alpha value is -3.15. The van der Waals surface area contributed by atoms with Crippen molar-refractivity contribution in [3.63, 3.8) is 0 Å². The van der Waals surface area contributed by atoms with Crippen molar-refractivity contribution in [3.8, 4) is 0 Å². The lowest BCUT2D eigenvalue weighted by atomic mass is 10.0. The molecule has 1 atom stereocenters. The number of allylic oxidation sites excluding steroid dienone is 12. The van der Waals surface area contributed by atoms with Crippen molar-refractivity contribution in [2.75, 3.05) is 13.2 Å². The molecule has 0 N–H and O–H groups in total. The zero-order chi connectivity index (χ0) is 59.9. The van der Waals surface area contributed by atoms with Crippen LogP contribution >= 0.6 is 0 Å². The first-order valence-electron chi connectivity index (χ1n) is 36.4. The van der Waals surface area contributed by atoms with Crippen LogP contribution < -0.4 is 0 Å². The maximum absolute atomic E-state index is 13.0. The summed E-state index contributed by atoms with van der Waals surface area (Å²) in [5, 5.41) is 0. The monoisotopic (exact) mass is 1160 g/mol. The van der Waals surface area contributed by atoms with E-state index in [1.54, 1.807) is 0 Å². The third kappa shape index (κ3) is 69.5. The largest absolute Gasteiger partial charge is 0.462 e. The van der Waals surface area contributed by atoms with E-state index in [9.17, 15) is 14.4 Å². The molecule has 0 radical (unpaired) electrons. The Balaban J connectivity index is 4.28. The van der Waals surface area contributed by atoms with Crippen molar-refractivity contribution < 1.29 is 28.6 Å². The van der Waals surface area contributed by atoms with Gasteiger partial charge in [0, 0.05) is 19.3 Å². The highest BCUT2D eigenvalue weighted by Crippen LogP contribution is 2.18. The fraction of sp³-hybridized carbons (Fsp3) is 0.805. The molecule has 482 valence electrons. The molecular weight excluding hydrogens is 1020 g/mol. The SMILES string of the molecule is CC/C=C\C/C=C\C/C=C\C/C=C\C/C=C\C/C=C\CCCCCCCCCCCCC(=O)OCC(COC(=O)CCCCCCCCCCCCCCCCC)OC(=O)CCCCCCCCCCCCCCCCCCCCCCC. The van der Waals surface area contributed by atoms with Crippen molar-refractivity contribution in [2.45, 2.75) is 386 Å². The Labute approximate surface area is 516 Å². The van der Waals surface area contributed by atoms with Gasteiger partial charge in [-0.2, -0.15) is 0 Å². The number of unbranched alkanes of at least 4 members (excludes halogenated alkanes) is 44. The molecule has 0 fully saturated rings. The molecule has 6 heteroatoms. The van der Waals surface area contributed by atoms with E-state index in [1.165, 1.54) is 244 Å². The van der Waals surface area contributed by atoms with Gasteiger partial charge < -0.3 is 14.2 Å². The van der Waals surface area contributed by atoms with E-state index in [1.807, 2.05) is 0 Å². The van der Waals surface area contributed by atoms with Gasteiger partial charge in [0.25, 0.3) is 0 Å². The van der Waals surface area contributed by atoms with E-state index < -0.39 is 6.10 Å². The molecule has 0 spiro atoms. The van der Waals surface area contributed by atoms with Gasteiger partial charge in [-0.25, -0.2) is 0 Å². The smallest absolute Gasteiger partial charge is 0.306 e. The van der Waals surface area contributed by atoms with Gasteiger partial charge in [0.2, 0.25) is 0 Å². The first kappa shape index (κ1) is 79.8. The van der Waals surface area contributed by atoms with Crippen molar-refractivity contribution in [2.24, 2.45) is 0 Å². The molecule has 0 saturated heterocycles. The number of carbonyl (C=O) groups is 3. The average Bonchev–Trinajstić information content (AvgIpc) is 3.49. The number of hydrogen-bond acceptors (Lipinski definition) is 6. The van der Waals surface area contributed by atoms with Gasteiger partial charge in [-0.3, -0.25) is 14.4 Å². The van der Waals surface area contributed by atoms with Crippen LogP contribution in [0.3, 0.4) is 0 Å². The molecule has 0 aromatic rings. The van der Waals surface area contributed by atoms with E-state index in [0.29, 0.717) is 19.3 Å². The zero-order valence-corrected chi connectivity index (χ0v) is 55.5. The zero-order valence-electron chi connectivity index (χ0n) is 55.5. The highest BCUT2D eigenvalue weighted by Gasteiger charge is 2.19. The summed E-state index contributed by atoms with van der Waals surface area (Å²) < 4.78 is 17.0. The van der Waals surface area contributed by atoms with Gasteiger partial charge in [0.15, 0.2) is 6.10 Å². The van der Waals surface area contributed by atoms with E-state index in [4.69, 9.17) is 14.2 Å². The molecule has 0 rings (SSSR count). The lowest BCUT2D eigenvalue weighted by Gasteiger charge is -2.18. The average molecular weight is 1160 g/mol. The number of esters is 3. The third-order valence-electron chi connectivity index (χ3n) is 16.2. The minimum Gasteiger partial charge on any atom is -0.462 e. The van der Waals surface area contributed by atoms with Crippen LogP contribution in [0.25, 0.3) is 0 Å². The summed E-state index contributed by atoms with van der Waals surface area (Å²) in [4.78, 5) is 38.5. The van der Waals surface area contributed by atoms with Gasteiger partial charge in [-0.05, 0) is 70.6 Å². The summed E-state index contributed by atoms with van der Waals surface area (Å²) in [5.74, 6) is -0.847. The van der Waals surface area contributed by atoms with Crippen molar-refractivity contribution in [1.82, 2.24) is 0 Å². The highest BCUT2D eigenvalue weighted by molar-refractivity contribution is 5.71. The number of ether oxygens (including phenoxy) is 3. The molecule has 0 saturated carbocycles. The Bertz CT molecular complexity index is 1520. The van der Waals surface area contributed by atoms with Crippen LogP contribution in [0.2, 0.25) is 0 Å². The Morgan fingerprint density at radius 3 is 0.735 bits per heavy atom. The summed E-state index contributed by atoms with van der Waals surface area (Å²) in [6.07, 6.45) is 93.6. The number of rotatable bonds is 67. The molecule has 0 aliphatic rings. The molecule has 83 heavy (non-hydrogen) atoms. The van der Waals surface area contributed by atoms with Crippen LogP contribution in [0.15, 0.2) is 72.9 Å². The first-order chi connectivity index (χ1) is 41.0. The minimum atomic E-state index is -0.775. The third-order valence-corrected chi connectivity index (χ3v) is 16.2. The molecule has 0 amide bonds. The maximum atomic E-state index is 13.0. The molecule has 0 bridgehead atoms.